The fraction of sp³-hybridized carbons (Fsp3) is 0.312. The van der Waals surface area contributed by atoms with Gasteiger partial charge in [0.15, 0.2) is 0 Å². The third-order valence-corrected chi connectivity index (χ3v) is 3.45. The molecule has 0 radical (unpaired) electrons. The number of aromatic nitrogens is 1. The van der Waals surface area contributed by atoms with Gasteiger partial charge in [0, 0.05) is 6.07 Å². The molecule has 0 saturated carbocycles. The number of ether oxygens (including phenoxy) is 1. The molecule has 1 atom stereocenters. The Morgan fingerprint density at radius 3 is 2.70 bits per heavy atom. The molecule has 7 heteroatoms. The molecule has 2 aromatic rings. The average molecular weight is 318 g/mol. The standard InChI is InChI=1S/C16H18N2O5/c1-10-7-13(23-18-10)15(21)17-16(2,9-14(19)20)11-5-4-6-12(8-11)22-3/h4-8H,9H2,1-3H3,(H,17,21)(H,19,20). The van der Waals surface area contributed by atoms with E-state index in [1.807, 2.05) is 0 Å². The van der Waals surface area contributed by atoms with Crippen molar-refractivity contribution >= 4 is 11.9 Å². The highest BCUT2D eigenvalue weighted by Crippen LogP contribution is 2.28. The van der Waals surface area contributed by atoms with Crippen LogP contribution in [0.3, 0.4) is 0 Å². The number of hydrogen-bond donors (Lipinski definition) is 2. The van der Waals surface area contributed by atoms with E-state index in [1.165, 1.54) is 13.2 Å². The predicted molar refractivity (Wildman–Crippen MR) is 81.3 cm³/mol. The van der Waals surface area contributed by atoms with Gasteiger partial charge in [-0.05, 0) is 31.5 Å². The lowest BCUT2D eigenvalue weighted by Crippen LogP contribution is -2.45. The van der Waals surface area contributed by atoms with Crippen LogP contribution >= 0.6 is 0 Å². The smallest absolute Gasteiger partial charge is 0.306 e. The number of carbonyl (C=O) groups excluding carboxylic acids is 1. The van der Waals surface area contributed by atoms with Gasteiger partial charge in [-0.1, -0.05) is 17.3 Å². The van der Waals surface area contributed by atoms with Crippen LogP contribution in [-0.2, 0) is 10.3 Å². The molecule has 0 spiro atoms. The highest BCUT2D eigenvalue weighted by atomic mass is 16.5. The number of nitrogens with one attached hydrogen (secondary N) is 1. The SMILES string of the molecule is COc1cccc(C(C)(CC(=O)O)NC(=O)c2cc(C)no2)c1. The molecule has 0 aliphatic carbocycles. The number of aliphatic carboxylic acids is 1. The zero-order valence-corrected chi connectivity index (χ0v) is 13.1. The molecule has 2 rings (SSSR count). The van der Waals surface area contributed by atoms with Gasteiger partial charge in [-0.25, -0.2) is 0 Å². The van der Waals surface area contributed by atoms with Crippen LogP contribution in [0.4, 0.5) is 0 Å². The van der Waals surface area contributed by atoms with Gasteiger partial charge >= 0.3 is 5.97 Å². The molecule has 1 aromatic carbocycles. The van der Waals surface area contributed by atoms with Gasteiger partial charge in [-0.3, -0.25) is 9.59 Å². The molecular formula is C16H18N2O5. The van der Waals surface area contributed by atoms with Crippen LogP contribution in [0, 0.1) is 6.92 Å². The maximum Gasteiger partial charge on any atom is 0.306 e. The van der Waals surface area contributed by atoms with Crippen LogP contribution < -0.4 is 10.1 Å². The summed E-state index contributed by atoms with van der Waals surface area (Å²) in [5, 5.41) is 15.6. The van der Waals surface area contributed by atoms with Crippen molar-refractivity contribution in [3.05, 3.63) is 47.3 Å². The number of aryl methyl sites for hydroxylation is 1. The second-order valence-electron chi connectivity index (χ2n) is 5.42. The topological polar surface area (TPSA) is 102 Å². The first-order chi connectivity index (χ1) is 10.8. The van der Waals surface area contributed by atoms with Gasteiger partial charge < -0.3 is 19.7 Å². The Hall–Kier alpha value is -2.83. The number of carboxylic acid groups (broad SMARTS) is 1. The fourth-order valence-corrected chi connectivity index (χ4v) is 2.27. The highest BCUT2D eigenvalue weighted by Gasteiger charge is 2.33. The van der Waals surface area contributed by atoms with Gasteiger partial charge in [-0.15, -0.1) is 0 Å². The van der Waals surface area contributed by atoms with Gasteiger partial charge in [0.2, 0.25) is 5.76 Å². The maximum atomic E-state index is 12.3. The van der Waals surface area contributed by atoms with E-state index < -0.39 is 17.4 Å². The second-order valence-corrected chi connectivity index (χ2v) is 5.42. The van der Waals surface area contributed by atoms with E-state index in [4.69, 9.17) is 9.26 Å². The maximum absolute atomic E-state index is 12.3. The number of nitrogens with zero attached hydrogens (tertiary/aromatic N) is 1. The monoisotopic (exact) mass is 318 g/mol. The molecule has 1 aromatic heterocycles. The summed E-state index contributed by atoms with van der Waals surface area (Å²) in [6.07, 6.45) is -0.293. The van der Waals surface area contributed by atoms with E-state index in [-0.39, 0.29) is 12.2 Å². The molecule has 1 unspecified atom stereocenters. The van der Waals surface area contributed by atoms with E-state index in [9.17, 15) is 14.7 Å². The van der Waals surface area contributed by atoms with Gasteiger partial charge in [0.25, 0.3) is 5.91 Å². The van der Waals surface area contributed by atoms with Crippen LogP contribution in [-0.4, -0.2) is 29.2 Å². The van der Waals surface area contributed by atoms with Crippen molar-refractivity contribution in [2.24, 2.45) is 0 Å². The Labute approximate surface area is 133 Å². The third-order valence-electron chi connectivity index (χ3n) is 3.45. The molecule has 7 nitrogen and oxygen atoms in total. The normalized spacial score (nSPS) is 13.2. The zero-order valence-electron chi connectivity index (χ0n) is 13.1. The predicted octanol–water partition coefficient (Wildman–Crippen LogP) is 2.11. The minimum atomic E-state index is -1.13. The Balaban J connectivity index is 2.34. The minimum Gasteiger partial charge on any atom is -0.497 e. The minimum absolute atomic E-state index is 0.0296. The van der Waals surface area contributed by atoms with Gasteiger partial charge in [0.1, 0.15) is 5.75 Å². The summed E-state index contributed by atoms with van der Waals surface area (Å²) in [4.78, 5) is 23.6. The van der Waals surface area contributed by atoms with E-state index in [0.717, 1.165) is 0 Å². The van der Waals surface area contributed by atoms with Crippen molar-refractivity contribution in [3.8, 4) is 5.75 Å². The summed E-state index contributed by atoms with van der Waals surface area (Å²) in [5.74, 6) is -0.965. The van der Waals surface area contributed by atoms with Crippen LogP contribution in [0.15, 0.2) is 34.9 Å². The highest BCUT2D eigenvalue weighted by molar-refractivity contribution is 5.92. The van der Waals surface area contributed by atoms with Crippen molar-refractivity contribution in [2.45, 2.75) is 25.8 Å². The lowest BCUT2D eigenvalue weighted by atomic mass is 9.88. The summed E-state index contributed by atoms with van der Waals surface area (Å²) in [6.45, 7) is 3.33. The summed E-state index contributed by atoms with van der Waals surface area (Å²) < 4.78 is 10.1. The number of carboxylic acids is 1. The molecule has 23 heavy (non-hydrogen) atoms. The Kier molecular flexibility index (Phi) is 4.68. The summed E-state index contributed by atoms with van der Waals surface area (Å²) in [7, 11) is 1.52. The van der Waals surface area contributed by atoms with Crippen molar-refractivity contribution < 1.29 is 24.0 Å². The molecule has 1 heterocycles. The van der Waals surface area contributed by atoms with Gasteiger partial charge in [-0.2, -0.15) is 0 Å². The van der Waals surface area contributed by atoms with E-state index in [1.54, 1.807) is 38.1 Å². The lowest BCUT2D eigenvalue weighted by molar-refractivity contribution is -0.138. The lowest BCUT2D eigenvalue weighted by Gasteiger charge is -2.29. The molecular weight excluding hydrogens is 300 g/mol. The number of methoxy groups -OCH3 is 1. The molecule has 0 aliphatic heterocycles. The van der Waals surface area contributed by atoms with E-state index in [0.29, 0.717) is 17.0 Å². The van der Waals surface area contributed by atoms with Crippen molar-refractivity contribution in [1.82, 2.24) is 10.5 Å². The number of hydrogen-bond acceptors (Lipinski definition) is 5. The number of carbonyl (C=O) groups is 2. The molecule has 0 fully saturated rings. The summed E-state index contributed by atoms with van der Waals surface area (Å²) in [6, 6.07) is 8.39. The number of benzene rings is 1. The fourth-order valence-electron chi connectivity index (χ4n) is 2.27. The van der Waals surface area contributed by atoms with Crippen LogP contribution in [0.1, 0.15) is 35.2 Å². The van der Waals surface area contributed by atoms with E-state index in [2.05, 4.69) is 10.5 Å². The van der Waals surface area contributed by atoms with Crippen molar-refractivity contribution in [1.29, 1.82) is 0 Å². The van der Waals surface area contributed by atoms with E-state index >= 15 is 0 Å². The molecule has 2 N–H and O–H groups in total. The first kappa shape index (κ1) is 16.5. The van der Waals surface area contributed by atoms with Gasteiger partial charge in [0.05, 0.1) is 24.8 Å². The number of rotatable bonds is 6. The Morgan fingerprint density at radius 1 is 1.39 bits per heavy atom. The largest absolute Gasteiger partial charge is 0.497 e. The molecule has 122 valence electrons. The number of amides is 1. The average Bonchev–Trinajstić information content (AvgIpc) is 2.93. The summed E-state index contributed by atoms with van der Waals surface area (Å²) in [5.41, 5.74) is 0.0540. The van der Waals surface area contributed by atoms with Crippen LogP contribution in [0.25, 0.3) is 0 Å². The van der Waals surface area contributed by atoms with Crippen LogP contribution in [0.2, 0.25) is 0 Å². The first-order valence-corrected chi connectivity index (χ1v) is 6.96. The van der Waals surface area contributed by atoms with Crippen molar-refractivity contribution in [2.75, 3.05) is 7.11 Å². The van der Waals surface area contributed by atoms with Crippen LogP contribution in [0.5, 0.6) is 5.75 Å². The third kappa shape index (κ3) is 3.88. The molecule has 0 aliphatic rings. The molecule has 0 saturated heterocycles. The zero-order chi connectivity index (χ0) is 17.0. The molecule has 0 bridgehead atoms. The van der Waals surface area contributed by atoms with Crippen molar-refractivity contribution in [3.63, 3.8) is 0 Å². The Bertz CT molecular complexity index is 725. The molecule has 1 amide bonds. The quantitative estimate of drug-likeness (QED) is 0.846. The second kappa shape index (κ2) is 6.51. The summed E-state index contributed by atoms with van der Waals surface area (Å²) >= 11 is 0. The Morgan fingerprint density at radius 2 is 2.13 bits per heavy atom. The first-order valence-electron chi connectivity index (χ1n) is 6.96.